The summed E-state index contributed by atoms with van der Waals surface area (Å²) in [5.74, 6) is -0.330. The molecule has 0 radical (unpaired) electrons. The molecule has 0 aliphatic rings. The number of halogens is 2. The summed E-state index contributed by atoms with van der Waals surface area (Å²) in [6.07, 6.45) is 0.173. The van der Waals surface area contributed by atoms with E-state index in [9.17, 15) is 9.59 Å². The van der Waals surface area contributed by atoms with Crippen LogP contribution in [0.15, 0.2) is 18.2 Å². The van der Waals surface area contributed by atoms with E-state index in [1.165, 1.54) is 6.92 Å². The lowest BCUT2D eigenvalue weighted by molar-refractivity contribution is -0.130. The number of hydrogen-bond acceptors (Lipinski definition) is 3. The van der Waals surface area contributed by atoms with Gasteiger partial charge >= 0.3 is 0 Å². The van der Waals surface area contributed by atoms with E-state index >= 15 is 0 Å². The fourth-order valence-corrected chi connectivity index (χ4v) is 2.03. The molecule has 116 valence electrons. The molecule has 0 aromatic heterocycles. The smallest absolute Gasteiger partial charge is 0.226 e. The van der Waals surface area contributed by atoms with Gasteiger partial charge in [-0.1, -0.05) is 29.3 Å². The maximum absolute atomic E-state index is 11.9. The van der Waals surface area contributed by atoms with Crippen LogP contribution in [-0.4, -0.2) is 43.5 Å². The maximum Gasteiger partial charge on any atom is 0.226 e. The molecule has 0 spiro atoms. The van der Waals surface area contributed by atoms with E-state index < -0.39 is 0 Å². The van der Waals surface area contributed by atoms with E-state index in [2.05, 4.69) is 5.32 Å². The molecule has 0 heterocycles. The maximum atomic E-state index is 11.9. The first-order valence-corrected chi connectivity index (χ1v) is 7.19. The van der Waals surface area contributed by atoms with Gasteiger partial charge in [0, 0.05) is 33.5 Å². The van der Waals surface area contributed by atoms with Crippen molar-refractivity contribution in [2.75, 3.05) is 32.1 Å². The Labute approximate surface area is 134 Å². The van der Waals surface area contributed by atoms with Crippen LogP contribution in [0.5, 0.6) is 0 Å². The van der Waals surface area contributed by atoms with Crippen LogP contribution in [0.25, 0.3) is 0 Å². The SMILES string of the molecule is COCCN(CCC(=O)Nc1cccc(Cl)c1Cl)C(C)=O. The van der Waals surface area contributed by atoms with Gasteiger partial charge in [-0.25, -0.2) is 0 Å². The van der Waals surface area contributed by atoms with Gasteiger partial charge in [0.05, 0.1) is 22.3 Å². The average molecular weight is 333 g/mol. The number of anilines is 1. The molecule has 0 unspecified atom stereocenters. The lowest BCUT2D eigenvalue weighted by atomic mass is 10.3. The van der Waals surface area contributed by atoms with E-state index in [-0.39, 0.29) is 18.2 Å². The van der Waals surface area contributed by atoms with Crippen LogP contribution in [0.2, 0.25) is 10.0 Å². The van der Waals surface area contributed by atoms with Crippen molar-refractivity contribution in [3.63, 3.8) is 0 Å². The molecule has 1 aromatic rings. The number of amides is 2. The Bertz CT molecular complexity index is 509. The fraction of sp³-hybridized carbons (Fsp3) is 0.429. The van der Waals surface area contributed by atoms with Gasteiger partial charge in [0.1, 0.15) is 0 Å². The Balaban J connectivity index is 2.53. The number of hydrogen-bond donors (Lipinski definition) is 1. The van der Waals surface area contributed by atoms with Crippen molar-refractivity contribution >= 4 is 40.7 Å². The molecule has 7 heteroatoms. The van der Waals surface area contributed by atoms with Crippen LogP contribution in [0.4, 0.5) is 5.69 Å². The van der Waals surface area contributed by atoms with E-state index in [1.807, 2.05) is 0 Å². The number of carbonyl (C=O) groups excluding carboxylic acids is 2. The molecule has 0 bridgehead atoms. The minimum atomic E-state index is -0.233. The topological polar surface area (TPSA) is 58.6 Å². The van der Waals surface area contributed by atoms with Crippen LogP contribution in [0, 0.1) is 0 Å². The summed E-state index contributed by atoms with van der Waals surface area (Å²) < 4.78 is 4.93. The van der Waals surface area contributed by atoms with Crippen LogP contribution in [-0.2, 0) is 14.3 Å². The number of carbonyl (C=O) groups is 2. The number of nitrogens with one attached hydrogen (secondary N) is 1. The molecule has 1 rings (SSSR count). The quantitative estimate of drug-likeness (QED) is 0.835. The molecule has 21 heavy (non-hydrogen) atoms. The van der Waals surface area contributed by atoms with Crippen molar-refractivity contribution in [1.29, 1.82) is 0 Å². The lowest BCUT2D eigenvalue weighted by Gasteiger charge is -2.20. The summed E-state index contributed by atoms with van der Waals surface area (Å²) in [6.45, 7) is 2.67. The molecule has 0 fully saturated rings. The number of nitrogens with zero attached hydrogens (tertiary/aromatic N) is 1. The normalized spacial score (nSPS) is 10.3. The van der Waals surface area contributed by atoms with Gasteiger partial charge in [-0.15, -0.1) is 0 Å². The first-order valence-electron chi connectivity index (χ1n) is 6.44. The van der Waals surface area contributed by atoms with Crippen LogP contribution < -0.4 is 5.32 Å². The van der Waals surface area contributed by atoms with Crippen molar-refractivity contribution in [2.45, 2.75) is 13.3 Å². The summed E-state index contributed by atoms with van der Waals surface area (Å²) in [5, 5.41) is 3.35. The summed E-state index contributed by atoms with van der Waals surface area (Å²) in [5.41, 5.74) is 0.459. The first-order chi connectivity index (χ1) is 9.95. The van der Waals surface area contributed by atoms with E-state index in [4.69, 9.17) is 27.9 Å². The largest absolute Gasteiger partial charge is 0.383 e. The van der Waals surface area contributed by atoms with Crippen LogP contribution in [0.1, 0.15) is 13.3 Å². The number of benzene rings is 1. The molecule has 0 atom stereocenters. The van der Waals surface area contributed by atoms with Gasteiger partial charge in [0.2, 0.25) is 11.8 Å². The van der Waals surface area contributed by atoms with Crippen molar-refractivity contribution in [1.82, 2.24) is 4.90 Å². The fourth-order valence-electron chi connectivity index (χ4n) is 1.68. The molecule has 2 amide bonds. The van der Waals surface area contributed by atoms with Gasteiger partial charge in [-0.3, -0.25) is 9.59 Å². The molecular weight excluding hydrogens is 315 g/mol. The highest BCUT2D eigenvalue weighted by atomic mass is 35.5. The van der Waals surface area contributed by atoms with Gasteiger partial charge in [0.15, 0.2) is 0 Å². The van der Waals surface area contributed by atoms with E-state index in [1.54, 1.807) is 30.2 Å². The predicted octanol–water partition coefficient (Wildman–Crippen LogP) is 2.82. The first kappa shape index (κ1) is 17.8. The lowest BCUT2D eigenvalue weighted by Crippen LogP contribution is -2.34. The number of ether oxygens (including phenoxy) is 1. The summed E-state index contributed by atoms with van der Waals surface area (Å²) in [4.78, 5) is 24.9. The average Bonchev–Trinajstić information content (AvgIpc) is 2.43. The highest BCUT2D eigenvalue weighted by molar-refractivity contribution is 6.43. The zero-order valence-electron chi connectivity index (χ0n) is 12.0. The van der Waals surface area contributed by atoms with Gasteiger partial charge in [-0.2, -0.15) is 0 Å². The Morgan fingerprint density at radius 3 is 2.62 bits per heavy atom. The molecule has 1 aromatic carbocycles. The van der Waals surface area contributed by atoms with E-state index in [0.717, 1.165) is 0 Å². The monoisotopic (exact) mass is 332 g/mol. The summed E-state index contributed by atoms with van der Waals surface area (Å²) in [7, 11) is 1.56. The van der Waals surface area contributed by atoms with Crippen molar-refractivity contribution in [3.05, 3.63) is 28.2 Å². The molecule has 1 N–H and O–H groups in total. The van der Waals surface area contributed by atoms with Gasteiger partial charge in [0.25, 0.3) is 0 Å². The second-order valence-electron chi connectivity index (χ2n) is 4.40. The number of methoxy groups -OCH3 is 1. The zero-order chi connectivity index (χ0) is 15.8. The third-order valence-electron chi connectivity index (χ3n) is 2.85. The van der Waals surface area contributed by atoms with Crippen LogP contribution in [0.3, 0.4) is 0 Å². The Kier molecular flexibility index (Phi) is 7.50. The second-order valence-corrected chi connectivity index (χ2v) is 5.18. The summed E-state index contributed by atoms with van der Waals surface area (Å²) in [6, 6.07) is 5.01. The molecular formula is C14H18Cl2N2O3. The minimum absolute atomic E-state index is 0.0966. The standard InChI is InChI=1S/C14H18Cl2N2O3/c1-10(19)18(8-9-21-2)7-6-13(20)17-12-5-3-4-11(15)14(12)16/h3-5H,6-9H2,1-2H3,(H,17,20). The Morgan fingerprint density at radius 2 is 2.00 bits per heavy atom. The van der Waals surface area contributed by atoms with E-state index in [0.29, 0.717) is 35.4 Å². The number of rotatable bonds is 7. The minimum Gasteiger partial charge on any atom is -0.383 e. The van der Waals surface area contributed by atoms with Crippen molar-refractivity contribution in [2.24, 2.45) is 0 Å². The third kappa shape index (κ3) is 5.91. The van der Waals surface area contributed by atoms with Gasteiger partial charge < -0.3 is 15.0 Å². The van der Waals surface area contributed by atoms with Crippen molar-refractivity contribution in [3.8, 4) is 0 Å². The summed E-state index contributed by atoms with van der Waals surface area (Å²) >= 11 is 11.9. The Morgan fingerprint density at radius 1 is 1.29 bits per heavy atom. The predicted molar refractivity (Wildman–Crippen MR) is 83.8 cm³/mol. The zero-order valence-corrected chi connectivity index (χ0v) is 13.5. The molecule has 0 saturated carbocycles. The van der Waals surface area contributed by atoms with Crippen LogP contribution >= 0.6 is 23.2 Å². The molecule has 5 nitrogen and oxygen atoms in total. The Hall–Kier alpha value is -1.30. The third-order valence-corrected chi connectivity index (χ3v) is 3.66. The second kappa shape index (κ2) is 8.87. The molecule has 0 aliphatic heterocycles. The molecule has 0 saturated heterocycles. The molecule has 0 aliphatic carbocycles. The van der Waals surface area contributed by atoms with Gasteiger partial charge in [-0.05, 0) is 12.1 Å². The van der Waals surface area contributed by atoms with Crippen molar-refractivity contribution < 1.29 is 14.3 Å². The highest BCUT2D eigenvalue weighted by Gasteiger charge is 2.12. The highest BCUT2D eigenvalue weighted by Crippen LogP contribution is 2.29.